The van der Waals surface area contributed by atoms with Crippen molar-refractivity contribution in [2.24, 2.45) is 10.7 Å². The van der Waals surface area contributed by atoms with Crippen LogP contribution in [0.25, 0.3) is 0 Å². The van der Waals surface area contributed by atoms with E-state index in [-0.39, 0.29) is 6.04 Å². The average Bonchev–Trinajstić information content (AvgIpc) is 1.83. The lowest BCUT2D eigenvalue weighted by Crippen LogP contribution is -2.13. The van der Waals surface area contributed by atoms with E-state index in [1.54, 1.807) is 12.3 Å². The molecular formula is C6H12N2. The monoisotopic (exact) mass is 112 g/mol. The Balaban J connectivity index is 3.35. The van der Waals surface area contributed by atoms with Gasteiger partial charge in [-0.25, -0.2) is 0 Å². The maximum atomic E-state index is 5.26. The predicted molar refractivity (Wildman–Crippen MR) is 37.2 cm³/mol. The maximum Gasteiger partial charge on any atom is 0.0593 e. The minimum Gasteiger partial charge on any atom is -0.328 e. The molecule has 0 aliphatic heterocycles. The summed E-state index contributed by atoms with van der Waals surface area (Å²) in [5.74, 6) is 0. The molecule has 2 N–H and O–H groups in total. The minimum absolute atomic E-state index is 0.230. The fourth-order valence-electron chi connectivity index (χ4n) is 0.269. The van der Waals surface area contributed by atoms with Gasteiger partial charge < -0.3 is 5.73 Å². The van der Waals surface area contributed by atoms with Crippen LogP contribution in [0.3, 0.4) is 0 Å². The molecule has 0 bridgehead atoms. The predicted octanol–water partition coefficient (Wildman–Crippen LogP) is 0.590. The molecule has 0 rings (SSSR count). The highest BCUT2D eigenvalue weighted by Crippen LogP contribution is 1.81. The Hall–Kier alpha value is -0.630. The first-order valence-corrected chi connectivity index (χ1v) is 2.65. The molecule has 0 aromatic carbocycles. The Labute approximate surface area is 50.1 Å². The fraction of sp³-hybridized carbons (Fsp3) is 0.500. The zero-order chi connectivity index (χ0) is 6.41. The molecule has 2 heteroatoms. The van der Waals surface area contributed by atoms with Crippen LogP contribution in [0, 0.1) is 0 Å². The standard InChI is InChI=1S/C6H12N2/c1-3-4-8-6(2)5-7/h3-4,6H,1,5,7H2,2H3. The van der Waals surface area contributed by atoms with E-state index in [2.05, 4.69) is 11.6 Å². The van der Waals surface area contributed by atoms with Crippen molar-refractivity contribution in [3.05, 3.63) is 12.7 Å². The molecule has 1 unspecified atom stereocenters. The maximum absolute atomic E-state index is 5.26. The fourth-order valence-corrected chi connectivity index (χ4v) is 0.269. The molecule has 0 aliphatic carbocycles. The highest BCUT2D eigenvalue weighted by atomic mass is 14.8. The lowest BCUT2D eigenvalue weighted by Gasteiger charge is -1.96. The van der Waals surface area contributed by atoms with E-state index in [9.17, 15) is 0 Å². The molecule has 0 fully saturated rings. The second-order valence-electron chi connectivity index (χ2n) is 1.62. The summed E-state index contributed by atoms with van der Waals surface area (Å²) in [5.41, 5.74) is 5.26. The van der Waals surface area contributed by atoms with Gasteiger partial charge in [0, 0.05) is 12.8 Å². The summed E-state index contributed by atoms with van der Waals surface area (Å²) in [4.78, 5) is 3.99. The largest absolute Gasteiger partial charge is 0.328 e. The van der Waals surface area contributed by atoms with Gasteiger partial charge in [0.2, 0.25) is 0 Å². The van der Waals surface area contributed by atoms with Crippen molar-refractivity contribution < 1.29 is 0 Å². The topological polar surface area (TPSA) is 38.4 Å². The molecule has 0 spiro atoms. The van der Waals surface area contributed by atoms with Crippen molar-refractivity contribution in [2.45, 2.75) is 13.0 Å². The smallest absolute Gasteiger partial charge is 0.0593 e. The van der Waals surface area contributed by atoms with Crippen LogP contribution in [0.15, 0.2) is 17.6 Å². The van der Waals surface area contributed by atoms with Gasteiger partial charge in [0.05, 0.1) is 6.04 Å². The van der Waals surface area contributed by atoms with E-state index in [4.69, 9.17) is 5.73 Å². The third kappa shape index (κ3) is 3.56. The highest BCUT2D eigenvalue weighted by molar-refractivity contribution is 5.70. The summed E-state index contributed by atoms with van der Waals surface area (Å²) in [6, 6.07) is 0.230. The van der Waals surface area contributed by atoms with Crippen LogP contribution in [0.2, 0.25) is 0 Å². The van der Waals surface area contributed by atoms with E-state index in [0.717, 1.165) is 0 Å². The summed E-state index contributed by atoms with van der Waals surface area (Å²) < 4.78 is 0. The zero-order valence-corrected chi connectivity index (χ0v) is 5.17. The Morgan fingerprint density at radius 1 is 1.88 bits per heavy atom. The first-order chi connectivity index (χ1) is 3.81. The first-order valence-electron chi connectivity index (χ1n) is 2.65. The summed E-state index contributed by atoms with van der Waals surface area (Å²) in [5, 5.41) is 0. The molecular weight excluding hydrogens is 100 g/mol. The van der Waals surface area contributed by atoms with Gasteiger partial charge in [-0.2, -0.15) is 0 Å². The molecule has 0 aromatic rings. The second-order valence-corrected chi connectivity index (χ2v) is 1.62. The van der Waals surface area contributed by atoms with Crippen LogP contribution in [0.1, 0.15) is 6.92 Å². The van der Waals surface area contributed by atoms with E-state index in [1.807, 2.05) is 6.92 Å². The molecule has 0 amide bonds. The van der Waals surface area contributed by atoms with Gasteiger partial charge in [0.25, 0.3) is 0 Å². The normalized spacial score (nSPS) is 14.2. The van der Waals surface area contributed by atoms with Gasteiger partial charge in [-0.1, -0.05) is 12.7 Å². The summed E-state index contributed by atoms with van der Waals surface area (Å²) in [6.07, 6.45) is 3.31. The molecule has 2 nitrogen and oxygen atoms in total. The Bertz CT molecular complexity index is 86.5. The molecule has 1 atom stereocenters. The number of rotatable bonds is 3. The van der Waals surface area contributed by atoms with Crippen molar-refractivity contribution in [2.75, 3.05) is 6.54 Å². The van der Waals surface area contributed by atoms with Crippen molar-refractivity contribution in [1.29, 1.82) is 0 Å². The summed E-state index contributed by atoms with van der Waals surface area (Å²) in [6.45, 7) is 6.04. The highest BCUT2D eigenvalue weighted by Gasteiger charge is 1.87. The van der Waals surface area contributed by atoms with Gasteiger partial charge >= 0.3 is 0 Å². The van der Waals surface area contributed by atoms with Crippen LogP contribution in [-0.4, -0.2) is 18.8 Å². The van der Waals surface area contributed by atoms with Crippen molar-refractivity contribution in [3.63, 3.8) is 0 Å². The molecule has 46 valence electrons. The van der Waals surface area contributed by atoms with Crippen molar-refractivity contribution in [1.82, 2.24) is 0 Å². The van der Waals surface area contributed by atoms with Crippen LogP contribution >= 0.6 is 0 Å². The van der Waals surface area contributed by atoms with E-state index >= 15 is 0 Å². The molecule has 0 aliphatic rings. The number of nitrogens with zero attached hydrogens (tertiary/aromatic N) is 1. The first kappa shape index (κ1) is 7.37. The van der Waals surface area contributed by atoms with E-state index in [1.165, 1.54) is 0 Å². The van der Waals surface area contributed by atoms with Crippen LogP contribution < -0.4 is 5.73 Å². The van der Waals surface area contributed by atoms with E-state index < -0.39 is 0 Å². The average molecular weight is 112 g/mol. The number of hydrogen-bond donors (Lipinski definition) is 1. The number of hydrogen-bond acceptors (Lipinski definition) is 2. The minimum atomic E-state index is 0.230. The molecule has 0 aromatic heterocycles. The van der Waals surface area contributed by atoms with Gasteiger partial charge in [0.1, 0.15) is 0 Å². The molecule has 8 heavy (non-hydrogen) atoms. The number of nitrogens with two attached hydrogens (primary N) is 1. The van der Waals surface area contributed by atoms with Crippen molar-refractivity contribution in [3.8, 4) is 0 Å². The van der Waals surface area contributed by atoms with Gasteiger partial charge in [-0.3, -0.25) is 4.99 Å². The zero-order valence-electron chi connectivity index (χ0n) is 5.17. The second kappa shape index (κ2) is 4.53. The Morgan fingerprint density at radius 2 is 2.50 bits per heavy atom. The van der Waals surface area contributed by atoms with Crippen LogP contribution in [-0.2, 0) is 0 Å². The lowest BCUT2D eigenvalue weighted by atomic mass is 10.4. The third-order valence-corrected chi connectivity index (χ3v) is 0.787. The van der Waals surface area contributed by atoms with Crippen molar-refractivity contribution >= 4 is 6.21 Å². The van der Waals surface area contributed by atoms with Crippen LogP contribution in [0.4, 0.5) is 0 Å². The molecule has 0 heterocycles. The SMILES string of the molecule is C=CC=NC(C)CN. The molecule has 0 saturated carbocycles. The Kier molecular flexibility index (Phi) is 4.17. The quantitative estimate of drug-likeness (QED) is 0.533. The summed E-state index contributed by atoms with van der Waals surface area (Å²) in [7, 11) is 0. The number of allylic oxidation sites excluding steroid dienone is 1. The number of aliphatic imine (C=N–C) groups is 1. The van der Waals surface area contributed by atoms with Gasteiger partial charge in [0.15, 0.2) is 0 Å². The molecule has 0 saturated heterocycles. The Morgan fingerprint density at radius 3 is 2.88 bits per heavy atom. The van der Waals surface area contributed by atoms with Gasteiger partial charge in [-0.15, -0.1) is 0 Å². The van der Waals surface area contributed by atoms with Gasteiger partial charge in [-0.05, 0) is 6.92 Å². The third-order valence-electron chi connectivity index (χ3n) is 0.787. The lowest BCUT2D eigenvalue weighted by molar-refractivity contribution is 0.759. The summed E-state index contributed by atoms with van der Waals surface area (Å²) >= 11 is 0. The van der Waals surface area contributed by atoms with Crippen LogP contribution in [0.5, 0.6) is 0 Å². The van der Waals surface area contributed by atoms with E-state index in [0.29, 0.717) is 6.54 Å². The molecule has 0 radical (unpaired) electrons.